The average molecular weight is 461 g/mol. The summed E-state index contributed by atoms with van der Waals surface area (Å²) < 4.78 is 0. The van der Waals surface area contributed by atoms with Crippen molar-refractivity contribution in [1.82, 2.24) is 15.2 Å². The van der Waals surface area contributed by atoms with E-state index in [1.807, 2.05) is 32.0 Å². The van der Waals surface area contributed by atoms with E-state index in [2.05, 4.69) is 15.6 Å². The third-order valence-electron chi connectivity index (χ3n) is 6.24. The maximum atomic E-state index is 13.0. The Morgan fingerprint density at radius 2 is 2.19 bits per heavy atom. The molecule has 1 aliphatic heterocycles. The van der Waals surface area contributed by atoms with Crippen molar-refractivity contribution in [3.8, 4) is 0 Å². The summed E-state index contributed by atoms with van der Waals surface area (Å²) in [4.78, 5) is 44.2. The van der Waals surface area contributed by atoms with Crippen molar-refractivity contribution in [3.05, 3.63) is 45.4 Å². The third-order valence-corrected chi connectivity index (χ3v) is 7.69. The molecule has 1 aromatic heterocycles. The summed E-state index contributed by atoms with van der Waals surface area (Å²) in [5.41, 5.74) is 1.14. The minimum absolute atomic E-state index is 0.0562. The summed E-state index contributed by atoms with van der Waals surface area (Å²) in [5, 5.41) is 6.72. The van der Waals surface area contributed by atoms with E-state index in [-0.39, 0.29) is 18.4 Å². The first-order chi connectivity index (χ1) is 14.8. The summed E-state index contributed by atoms with van der Waals surface area (Å²) in [6, 6.07) is 5.38. The Morgan fingerprint density at radius 3 is 2.97 bits per heavy atom. The van der Waals surface area contributed by atoms with Gasteiger partial charge in [0.15, 0.2) is 5.13 Å². The van der Waals surface area contributed by atoms with E-state index in [1.165, 1.54) is 11.3 Å². The fraction of sp³-hybridized carbons (Fsp3) is 0.455. The van der Waals surface area contributed by atoms with Crippen LogP contribution in [-0.4, -0.2) is 39.8 Å². The van der Waals surface area contributed by atoms with Crippen LogP contribution in [0.1, 0.15) is 48.6 Å². The molecule has 0 bridgehead atoms. The van der Waals surface area contributed by atoms with Crippen LogP contribution >= 0.6 is 22.9 Å². The molecule has 1 spiro atoms. The van der Waals surface area contributed by atoms with Gasteiger partial charge < -0.3 is 10.6 Å². The number of nitrogens with zero attached hydrogens (tertiary/aromatic N) is 2. The number of urea groups is 1. The lowest BCUT2D eigenvalue weighted by Gasteiger charge is -2.36. The molecule has 0 radical (unpaired) electrons. The second-order valence-corrected chi connectivity index (χ2v) is 9.84. The number of benzene rings is 1. The quantitative estimate of drug-likeness (QED) is 0.656. The van der Waals surface area contributed by atoms with Crippen LogP contribution < -0.4 is 10.6 Å². The molecule has 2 N–H and O–H groups in total. The first-order valence-electron chi connectivity index (χ1n) is 10.4. The second-order valence-electron chi connectivity index (χ2n) is 8.34. The van der Waals surface area contributed by atoms with Gasteiger partial charge in [0.2, 0.25) is 5.91 Å². The Morgan fingerprint density at radius 1 is 1.39 bits per heavy atom. The van der Waals surface area contributed by atoms with Crippen molar-refractivity contribution in [2.75, 3.05) is 11.9 Å². The normalized spacial score (nSPS) is 23.3. The van der Waals surface area contributed by atoms with E-state index in [0.717, 1.165) is 45.2 Å². The smallest absolute Gasteiger partial charge is 0.323 e. The highest BCUT2D eigenvalue weighted by atomic mass is 35.5. The summed E-state index contributed by atoms with van der Waals surface area (Å²) in [5.74, 6) is -0.687. The van der Waals surface area contributed by atoms with Crippen molar-refractivity contribution in [2.24, 2.45) is 5.92 Å². The number of aryl methyl sites for hydroxylation is 1. The SMILES string of the molecule is Cc1cccc(Cc2cnc(NC(=O)CN3C(=O)NC4(CCCCC4C)C3=O)s2)c1Cl. The molecule has 2 unspecified atom stereocenters. The largest absolute Gasteiger partial charge is 0.325 e. The molecule has 1 aliphatic carbocycles. The number of aromatic nitrogens is 1. The number of hydrogen-bond donors (Lipinski definition) is 2. The highest BCUT2D eigenvalue weighted by molar-refractivity contribution is 7.15. The number of halogens is 1. The van der Waals surface area contributed by atoms with Gasteiger partial charge in [-0.25, -0.2) is 9.78 Å². The van der Waals surface area contributed by atoms with Crippen LogP contribution in [0.4, 0.5) is 9.93 Å². The Kier molecular flexibility index (Phi) is 6.03. The lowest BCUT2D eigenvalue weighted by molar-refractivity contribution is -0.136. The van der Waals surface area contributed by atoms with Crippen LogP contribution in [0.15, 0.2) is 24.4 Å². The highest BCUT2D eigenvalue weighted by Crippen LogP contribution is 2.38. The van der Waals surface area contributed by atoms with Crippen LogP contribution in [0.5, 0.6) is 0 Å². The maximum Gasteiger partial charge on any atom is 0.325 e. The minimum atomic E-state index is -0.864. The van der Waals surface area contributed by atoms with E-state index in [9.17, 15) is 14.4 Å². The first kappa shape index (κ1) is 21.8. The van der Waals surface area contributed by atoms with Gasteiger partial charge in [0.25, 0.3) is 5.91 Å². The van der Waals surface area contributed by atoms with Gasteiger partial charge in [-0.3, -0.25) is 14.5 Å². The summed E-state index contributed by atoms with van der Waals surface area (Å²) >= 11 is 7.71. The van der Waals surface area contributed by atoms with Crippen molar-refractivity contribution < 1.29 is 14.4 Å². The molecule has 9 heteroatoms. The van der Waals surface area contributed by atoms with Crippen molar-refractivity contribution in [2.45, 2.75) is 51.5 Å². The number of amides is 4. The number of carbonyl (C=O) groups excluding carboxylic acids is 3. The van der Waals surface area contributed by atoms with Crippen LogP contribution in [0.2, 0.25) is 5.02 Å². The number of thiazole rings is 1. The predicted molar refractivity (Wildman–Crippen MR) is 120 cm³/mol. The van der Waals surface area contributed by atoms with Crippen molar-refractivity contribution in [3.63, 3.8) is 0 Å². The summed E-state index contributed by atoms with van der Waals surface area (Å²) in [7, 11) is 0. The molecule has 4 amide bonds. The topological polar surface area (TPSA) is 91.4 Å². The van der Waals surface area contributed by atoms with Gasteiger partial charge in [-0.15, -0.1) is 11.3 Å². The Balaban J connectivity index is 1.39. The van der Waals surface area contributed by atoms with E-state index in [4.69, 9.17) is 11.6 Å². The standard InChI is InChI=1S/C22H25ClN4O3S/c1-13-6-5-8-15(18(13)23)10-16-11-24-20(31-16)25-17(28)12-27-19(29)22(26-21(27)30)9-4-3-7-14(22)2/h5-6,8,11,14H,3-4,7,9-10,12H2,1-2H3,(H,26,30)(H,24,25,28). The number of anilines is 1. The molecule has 31 heavy (non-hydrogen) atoms. The summed E-state index contributed by atoms with van der Waals surface area (Å²) in [6.45, 7) is 3.62. The lowest BCUT2D eigenvalue weighted by Crippen LogP contribution is -2.54. The van der Waals surface area contributed by atoms with Crippen molar-refractivity contribution in [1.29, 1.82) is 0 Å². The fourth-order valence-electron chi connectivity index (χ4n) is 4.42. The molecule has 4 rings (SSSR count). The molecule has 1 aromatic carbocycles. The zero-order chi connectivity index (χ0) is 22.2. The predicted octanol–water partition coefficient (Wildman–Crippen LogP) is 4.13. The molecule has 7 nitrogen and oxygen atoms in total. The fourth-order valence-corrected chi connectivity index (χ4v) is 5.47. The number of rotatable bonds is 5. The molecule has 1 saturated carbocycles. The van der Waals surface area contributed by atoms with Crippen LogP contribution in [-0.2, 0) is 16.0 Å². The van der Waals surface area contributed by atoms with E-state index in [0.29, 0.717) is 18.0 Å². The Labute approximate surface area is 190 Å². The van der Waals surface area contributed by atoms with Crippen LogP contribution in [0.25, 0.3) is 0 Å². The molecule has 1 saturated heterocycles. The molecule has 2 heterocycles. The molecular weight excluding hydrogens is 436 g/mol. The van der Waals surface area contributed by atoms with Gasteiger partial charge >= 0.3 is 6.03 Å². The van der Waals surface area contributed by atoms with Gasteiger partial charge in [0, 0.05) is 22.5 Å². The van der Waals surface area contributed by atoms with Gasteiger partial charge in [0.1, 0.15) is 12.1 Å². The van der Waals surface area contributed by atoms with E-state index in [1.54, 1.807) is 6.20 Å². The summed E-state index contributed by atoms with van der Waals surface area (Å²) in [6.07, 6.45) is 5.76. The van der Waals surface area contributed by atoms with Gasteiger partial charge in [-0.05, 0) is 36.8 Å². The first-order valence-corrected chi connectivity index (χ1v) is 11.6. The van der Waals surface area contributed by atoms with Crippen LogP contribution in [0, 0.1) is 12.8 Å². The molecule has 2 atom stereocenters. The third kappa shape index (κ3) is 4.19. The highest BCUT2D eigenvalue weighted by Gasteiger charge is 2.55. The van der Waals surface area contributed by atoms with Gasteiger partial charge in [-0.1, -0.05) is 49.6 Å². The minimum Gasteiger partial charge on any atom is -0.323 e. The average Bonchev–Trinajstić information content (AvgIpc) is 3.26. The van der Waals surface area contributed by atoms with Crippen molar-refractivity contribution >= 4 is 45.9 Å². The zero-order valence-electron chi connectivity index (χ0n) is 17.5. The van der Waals surface area contributed by atoms with E-state index < -0.39 is 17.5 Å². The number of imide groups is 1. The van der Waals surface area contributed by atoms with Gasteiger partial charge in [-0.2, -0.15) is 0 Å². The monoisotopic (exact) mass is 460 g/mol. The lowest BCUT2D eigenvalue weighted by atomic mass is 9.73. The zero-order valence-corrected chi connectivity index (χ0v) is 19.1. The number of hydrogen-bond acceptors (Lipinski definition) is 5. The van der Waals surface area contributed by atoms with E-state index >= 15 is 0 Å². The molecule has 164 valence electrons. The number of nitrogens with one attached hydrogen (secondary N) is 2. The van der Waals surface area contributed by atoms with Crippen LogP contribution in [0.3, 0.4) is 0 Å². The second kappa shape index (κ2) is 8.59. The van der Waals surface area contributed by atoms with Gasteiger partial charge in [0.05, 0.1) is 0 Å². The maximum absolute atomic E-state index is 13.0. The number of carbonyl (C=O) groups is 3. The molecule has 2 aliphatic rings. The molecule has 2 aromatic rings. The molecule has 2 fully saturated rings. The Hall–Kier alpha value is -2.45. The molecular formula is C22H25ClN4O3S. The Bertz CT molecular complexity index is 1040.